The lowest BCUT2D eigenvalue weighted by atomic mass is 10.2. The summed E-state index contributed by atoms with van der Waals surface area (Å²) in [7, 11) is -0.642. The highest BCUT2D eigenvalue weighted by Crippen LogP contribution is 2.37. The van der Waals surface area contributed by atoms with Gasteiger partial charge >= 0.3 is 0 Å². The largest absolute Gasteiger partial charge is 0.258 e. The molecule has 76 valence electrons. The molecule has 2 atom stereocenters. The van der Waals surface area contributed by atoms with Crippen LogP contribution in [0.25, 0.3) is 0 Å². The molecule has 0 aliphatic carbocycles. The molecule has 1 fully saturated rings. The van der Waals surface area contributed by atoms with Crippen LogP contribution in [0, 0.1) is 0 Å². The lowest BCUT2D eigenvalue weighted by molar-refractivity contribution is 0.663. The lowest BCUT2D eigenvalue weighted by Gasteiger charge is -2.31. The van der Waals surface area contributed by atoms with Crippen LogP contribution in [-0.2, 0) is 10.8 Å². The van der Waals surface area contributed by atoms with Crippen molar-refractivity contribution < 1.29 is 4.21 Å². The summed E-state index contributed by atoms with van der Waals surface area (Å²) in [5, 5.41) is 0. The molecule has 1 aliphatic rings. The third-order valence-electron chi connectivity index (χ3n) is 2.24. The van der Waals surface area contributed by atoms with E-state index in [1.54, 1.807) is 0 Å². The third kappa shape index (κ3) is 3.13. The minimum absolute atomic E-state index is 0.0183. The fourth-order valence-corrected chi connectivity index (χ4v) is 4.54. The van der Waals surface area contributed by atoms with Crippen molar-refractivity contribution in [1.29, 1.82) is 0 Å². The molecule has 1 heterocycles. The maximum atomic E-state index is 11.8. The fraction of sp³-hybridized carbons (Fsp3) is 0.800. The zero-order valence-electron chi connectivity index (χ0n) is 8.63. The van der Waals surface area contributed by atoms with Crippen molar-refractivity contribution in [1.82, 2.24) is 0 Å². The van der Waals surface area contributed by atoms with Gasteiger partial charge in [-0.3, -0.25) is 4.21 Å². The van der Waals surface area contributed by atoms with Gasteiger partial charge in [-0.05, 0) is 39.4 Å². The molecule has 0 radical (unpaired) electrons. The summed E-state index contributed by atoms with van der Waals surface area (Å²) in [6, 6.07) is 0. The topological polar surface area (TPSA) is 17.1 Å². The molecular weight excluding hydrogens is 200 g/mol. The minimum Gasteiger partial charge on any atom is -0.258 e. The molecule has 13 heavy (non-hydrogen) atoms. The van der Waals surface area contributed by atoms with Crippen LogP contribution < -0.4 is 0 Å². The Bertz CT molecular complexity index is 231. The molecule has 3 heteroatoms. The number of thioether (sulfide) groups is 1. The maximum absolute atomic E-state index is 11.8. The molecule has 0 amide bonds. The number of rotatable bonds is 2. The van der Waals surface area contributed by atoms with E-state index in [1.807, 2.05) is 11.8 Å². The zero-order chi connectivity index (χ0) is 9.90. The minimum atomic E-state index is -0.642. The van der Waals surface area contributed by atoms with E-state index in [0.29, 0.717) is 0 Å². The number of allylic oxidation sites excluding steroid dienone is 2. The van der Waals surface area contributed by atoms with E-state index in [0.717, 1.165) is 18.6 Å². The van der Waals surface area contributed by atoms with Crippen molar-refractivity contribution in [2.75, 3.05) is 11.5 Å². The maximum Gasteiger partial charge on any atom is 0.0914 e. The van der Waals surface area contributed by atoms with E-state index < -0.39 is 10.8 Å². The molecule has 0 saturated carbocycles. The fourth-order valence-electron chi connectivity index (χ4n) is 1.30. The van der Waals surface area contributed by atoms with Crippen LogP contribution >= 0.6 is 11.8 Å². The van der Waals surface area contributed by atoms with Crippen molar-refractivity contribution >= 4 is 22.6 Å². The predicted molar refractivity (Wildman–Crippen MR) is 62.5 cm³/mol. The van der Waals surface area contributed by atoms with E-state index in [2.05, 4.69) is 26.8 Å². The van der Waals surface area contributed by atoms with Crippen molar-refractivity contribution in [2.24, 2.45) is 0 Å². The van der Waals surface area contributed by atoms with Crippen molar-refractivity contribution in [3.05, 3.63) is 11.6 Å². The highest BCUT2D eigenvalue weighted by atomic mass is 32.2. The second-order valence-electron chi connectivity index (χ2n) is 3.87. The monoisotopic (exact) mass is 218 g/mol. The number of hydrogen-bond acceptors (Lipinski definition) is 2. The smallest absolute Gasteiger partial charge is 0.0914 e. The Kier molecular flexibility index (Phi) is 4.05. The summed E-state index contributed by atoms with van der Waals surface area (Å²) in [5.41, 5.74) is 1.32. The van der Waals surface area contributed by atoms with Gasteiger partial charge in [0.15, 0.2) is 0 Å². The Balaban J connectivity index is 2.62. The lowest BCUT2D eigenvalue weighted by Crippen LogP contribution is -2.32. The molecule has 0 N–H and O–H groups in total. The Morgan fingerprint density at radius 3 is 2.85 bits per heavy atom. The summed E-state index contributed by atoms with van der Waals surface area (Å²) in [4.78, 5) is 0. The van der Waals surface area contributed by atoms with Gasteiger partial charge in [0.2, 0.25) is 0 Å². The number of hydrogen-bond donors (Lipinski definition) is 0. The first-order valence-electron chi connectivity index (χ1n) is 4.70. The molecule has 0 aromatic heterocycles. The highest BCUT2D eigenvalue weighted by molar-refractivity contribution is 8.13. The van der Waals surface area contributed by atoms with E-state index in [-0.39, 0.29) is 4.08 Å². The Hall–Kier alpha value is 0.240. The molecule has 1 nitrogen and oxygen atoms in total. The molecule has 0 bridgehead atoms. The molecule has 1 rings (SSSR count). The van der Waals surface area contributed by atoms with Gasteiger partial charge in [0, 0.05) is 16.6 Å². The van der Waals surface area contributed by atoms with Gasteiger partial charge < -0.3 is 0 Å². The van der Waals surface area contributed by atoms with Gasteiger partial charge in [-0.2, -0.15) is 0 Å². The molecule has 0 aromatic carbocycles. The summed E-state index contributed by atoms with van der Waals surface area (Å²) >= 11 is 1.87. The first-order valence-corrected chi connectivity index (χ1v) is 7.01. The van der Waals surface area contributed by atoms with Crippen LogP contribution in [0.15, 0.2) is 11.6 Å². The molecule has 0 aromatic rings. The van der Waals surface area contributed by atoms with E-state index >= 15 is 0 Å². The third-order valence-corrected chi connectivity index (χ3v) is 6.21. The van der Waals surface area contributed by atoms with Crippen LogP contribution in [0.5, 0.6) is 0 Å². The average Bonchev–Trinajstić information content (AvgIpc) is 2.07. The summed E-state index contributed by atoms with van der Waals surface area (Å²) < 4.78 is 11.8. The molecule has 1 aliphatic heterocycles. The van der Waals surface area contributed by atoms with Gasteiger partial charge in [0.05, 0.1) is 4.08 Å². The van der Waals surface area contributed by atoms with E-state index in [1.165, 1.54) is 11.3 Å². The zero-order valence-corrected chi connectivity index (χ0v) is 10.3. The van der Waals surface area contributed by atoms with Crippen LogP contribution in [-0.4, -0.2) is 19.8 Å². The second-order valence-corrected chi connectivity index (χ2v) is 7.73. The Morgan fingerprint density at radius 1 is 1.62 bits per heavy atom. The summed E-state index contributed by atoms with van der Waals surface area (Å²) in [6.45, 7) is 6.33. The van der Waals surface area contributed by atoms with Gasteiger partial charge in [-0.1, -0.05) is 11.6 Å². The highest BCUT2D eigenvalue weighted by Gasteiger charge is 2.33. The standard InChI is InChI=1S/C10H18OS2/c1-9(2)5-6-10(3)12-7-4-8-13(10)11/h5H,4,6-8H2,1-3H3/t10-,13?/m0/s1. The molecule has 1 saturated heterocycles. The normalized spacial score (nSPS) is 34.2. The second kappa shape index (κ2) is 4.65. The average molecular weight is 218 g/mol. The Morgan fingerprint density at radius 2 is 2.31 bits per heavy atom. The van der Waals surface area contributed by atoms with Gasteiger partial charge in [-0.25, -0.2) is 0 Å². The van der Waals surface area contributed by atoms with Crippen molar-refractivity contribution in [3.8, 4) is 0 Å². The predicted octanol–water partition coefficient (Wildman–Crippen LogP) is 2.94. The SMILES string of the molecule is CC(C)=CC[C@@]1(C)SCCCS1=O. The molecular formula is C10H18OS2. The van der Waals surface area contributed by atoms with Crippen molar-refractivity contribution in [3.63, 3.8) is 0 Å². The van der Waals surface area contributed by atoms with Crippen LogP contribution in [0.3, 0.4) is 0 Å². The summed E-state index contributed by atoms with van der Waals surface area (Å²) in [5.74, 6) is 2.05. The molecule has 0 spiro atoms. The van der Waals surface area contributed by atoms with Crippen LogP contribution in [0.4, 0.5) is 0 Å². The van der Waals surface area contributed by atoms with Gasteiger partial charge in [0.25, 0.3) is 0 Å². The Labute approximate surface area is 87.8 Å². The molecule has 1 unspecified atom stereocenters. The summed E-state index contributed by atoms with van der Waals surface area (Å²) in [6.07, 6.45) is 4.27. The first kappa shape index (κ1) is 11.3. The van der Waals surface area contributed by atoms with Crippen molar-refractivity contribution in [2.45, 2.75) is 37.7 Å². The quantitative estimate of drug-likeness (QED) is 0.663. The van der Waals surface area contributed by atoms with E-state index in [9.17, 15) is 4.21 Å². The van der Waals surface area contributed by atoms with Gasteiger partial charge in [0.1, 0.15) is 0 Å². The van der Waals surface area contributed by atoms with E-state index in [4.69, 9.17) is 0 Å². The van der Waals surface area contributed by atoms with Gasteiger partial charge in [-0.15, -0.1) is 11.8 Å². The first-order chi connectivity index (χ1) is 6.04. The van der Waals surface area contributed by atoms with Crippen LogP contribution in [0.2, 0.25) is 0 Å². The van der Waals surface area contributed by atoms with Crippen LogP contribution in [0.1, 0.15) is 33.6 Å².